The minimum Gasteiger partial charge on any atom is -0.316 e. The summed E-state index contributed by atoms with van der Waals surface area (Å²) in [5.74, 6) is 0.153. The Morgan fingerprint density at radius 1 is 1.15 bits per heavy atom. The summed E-state index contributed by atoms with van der Waals surface area (Å²) >= 11 is 0. The topological polar surface area (TPSA) is 49.4 Å². The van der Waals surface area contributed by atoms with Crippen molar-refractivity contribution < 1.29 is 9.59 Å². The Labute approximate surface area is 119 Å². The van der Waals surface area contributed by atoms with Gasteiger partial charge in [-0.05, 0) is 56.8 Å². The van der Waals surface area contributed by atoms with E-state index >= 15 is 0 Å². The van der Waals surface area contributed by atoms with Crippen LogP contribution in [0.2, 0.25) is 0 Å². The summed E-state index contributed by atoms with van der Waals surface area (Å²) in [5, 5.41) is 3.33. The number of piperidine rings is 1. The maximum absolute atomic E-state index is 12.5. The molecule has 1 aromatic rings. The fourth-order valence-electron chi connectivity index (χ4n) is 3.23. The Morgan fingerprint density at radius 2 is 1.75 bits per heavy atom. The third-order valence-corrected chi connectivity index (χ3v) is 4.38. The van der Waals surface area contributed by atoms with Crippen LogP contribution in [0.4, 0.5) is 0 Å². The number of nitrogens with one attached hydrogen (secondary N) is 1. The van der Waals surface area contributed by atoms with Crippen LogP contribution in [0, 0.1) is 19.8 Å². The molecule has 1 aromatic carbocycles. The molecule has 2 aliphatic heterocycles. The van der Waals surface area contributed by atoms with Crippen LogP contribution in [0.5, 0.6) is 0 Å². The van der Waals surface area contributed by atoms with Crippen LogP contribution in [0.15, 0.2) is 12.1 Å². The molecule has 0 saturated carbocycles. The van der Waals surface area contributed by atoms with Gasteiger partial charge in [-0.15, -0.1) is 0 Å². The molecule has 0 aliphatic carbocycles. The van der Waals surface area contributed by atoms with Gasteiger partial charge >= 0.3 is 0 Å². The lowest BCUT2D eigenvalue weighted by molar-refractivity contribution is 0.0621. The monoisotopic (exact) mass is 272 g/mol. The highest BCUT2D eigenvalue weighted by Crippen LogP contribution is 2.29. The first kappa shape index (κ1) is 13.3. The van der Waals surface area contributed by atoms with Crippen molar-refractivity contribution in [3.05, 3.63) is 34.4 Å². The minimum atomic E-state index is -0.114. The fourth-order valence-corrected chi connectivity index (χ4v) is 3.23. The minimum absolute atomic E-state index is 0.114. The molecule has 1 atom stereocenters. The highest BCUT2D eigenvalue weighted by molar-refractivity contribution is 6.22. The van der Waals surface area contributed by atoms with E-state index in [9.17, 15) is 9.59 Å². The van der Waals surface area contributed by atoms with Crippen molar-refractivity contribution in [2.24, 2.45) is 5.92 Å². The largest absolute Gasteiger partial charge is 0.316 e. The molecule has 3 rings (SSSR count). The van der Waals surface area contributed by atoms with E-state index in [1.54, 1.807) is 0 Å². The van der Waals surface area contributed by atoms with Gasteiger partial charge in [-0.1, -0.05) is 12.1 Å². The molecule has 0 bridgehead atoms. The predicted octanol–water partition coefficient (Wildman–Crippen LogP) is 1.90. The molecule has 1 unspecified atom stereocenters. The quantitative estimate of drug-likeness (QED) is 0.837. The maximum Gasteiger partial charge on any atom is 0.261 e. The van der Waals surface area contributed by atoms with E-state index < -0.39 is 0 Å². The van der Waals surface area contributed by atoms with Crippen LogP contribution >= 0.6 is 0 Å². The fraction of sp³-hybridized carbons (Fsp3) is 0.500. The summed E-state index contributed by atoms with van der Waals surface area (Å²) in [6, 6.07) is 3.84. The molecule has 0 radical (unpaired) electrons. The van der Waals surface area contributed by atoms with Gasteiger partial charge < -0.3 is 5.32 Å². The molecule has 2 amide bonds. The second-order valence-electron chi connectivity index (χ2n) is 5.88. The van der Waals surface area contributed by atoms with Gasteiger partial charge in [0.1, 0.15) is 0 Å². The van der Waals surface area contributed by atoms with Crippen molar-refractivity contribution in [3.8, 4) is 0 Å². The van der Waals surface area contributed by atoms with Crippen LogP contribution in [0.3, 0.4) is 0 Å². The maximum atomic E-state index is 12.5. The van der Waals surface area contributed by atoms with Gasteiger partial charge in [0.15, 0.2) is 0 Å². The Bertz CT molecular complexity index is 533. The van der Waals surface area contributed by atoms with Crippen LogP contribution in [0.1, 0.15) is 44.7 Å². The lowest BCUT2D eigenvalue weighted by Gasteiger charge is -2.26. The van der Waals surface area contributed by atoms with Gasteiger partial charge in [-0.3, -0.25) is 14.5 Å². The molecule has 4 nitrogen and oxygen atoms in total. The molecule has 4 heteroatoms. The molecule has 1 fully saturated rings. The van der Waals surface area contributed by atoms with Crippen LogP contribution < -0.4 is 5.32 Å². The number of hydrogen-bond acceptors (Lipinski definition) is 3. The van der Waals surface area contributed by atoms with Crippen LogP contribution in [-0.4, -0.2) is 36.3 Å². The number of benzene rings is 1. The molecule has 1 saturated heterocycles. The average Bonchev–Trinajstić information content (AvgIpc) is 2.70. The Kier molecular flexibility index (Phi) is 3.34. The Balaban J connectivity index is 1.89. The van der Waals surface area contributed by atoms with E-state index in [-0.39, 0.29) is 11.8 Å². The molecular formula is C16H20N2O2. The highest BCUT2D eigenvalue weighted by atomic mass is 16.2. The first-order valence-corrected chi connectivity index (χ1v) is 7.26. The lowest BCUT2D eigenvalue weighted by Crippen LogP contribution is -2.40. The molecule has 2 aliphatic rings. The first-order valence-electron chi connectivity index (χ1n) is 7.26. The molecule has 0 aromatic heterocycles. The standard InChI is InChI=1S/C16H20N2O2/c1-10-5-6-11(2)14-13(10)15(19)18(16(14)20)9-12-4-3-7-17-8-12/h5-6,12,17H,3-4,7-9H2,1-2H3. The SMILES string of the molecule is Cc1ccc(C)c2c1C(=O)N(CC1CCCNC1)C2=O. The molecular weight excluding hydrogens is 252 g/mol. The number of fused-ring (bicyclic) bond motifs is 1. The van der Waals surface area contributed by atoms with Crippen molar-refractivity contribution >= 4 is 11.8 Å². The number of aryl methyl sites for hydroxylation is 2. The van der Waals surface area contributed by atoms with Gasteiger partial charge in [0, 0.05) is 6.54 Å². The summed E-state index contributed by atoms with van der Waals surface area (Å²) in [4.78, 5) is 26.5. The van der Waals surface area contributed by atoms with Crippen molar-refractivity contribution in [2.45, 2.75) is 26.7 Å². The number of nitrogens with zero attached hydrogens (tertiary/aromatic N) is 1. The van der Waals surface area contributed by atoms with Crippen molar-refractivity contribution in [1.29, 1.82) is 0 Å². The molecule has 20 heavy (non-hydrogen) atoms. The zero-order valence-electron chi connectivity index (χ0n) is 12.0. The van der Waals surface area contributed by atoms with Gasteiger partial charge in [0.2, 0.25) is 0 Å². The summed E-state index contributed by atoms with van der Waals surface area (Å²) < 4.78 is 0. The van der Waals surface area contributed by atoms with Crippen molar-refractivity contribution in [2.75, 3.05) is 19.6 Å². The summed E-state index contributed by atoms with van der Waals surface area (Å²) in [5.41, 5.74) is 3.01. The highest BCUT2D eigenvalue weighted by Gasteiger charge is 2.38. The number of carbonyl (C=O) groups excluding carboxylic acids is 2. The number of amides is 2. The van der Waals surface area contributed by atoms with Crippen LogP contribution in [0.25, 0.3) is 0 Å². The number of carbonyl (C=O) groups is 2. The second-order valence-corrected chi connectivity index (χ2v) is 5.88. The van der Waals surface area contributed by atoms with E-state index in [0.29, 0.717) is 23.6 Å². The zero-order chi connectivity index (χ0) is 14.3. The second kappa shape index (κ2) is 5.02. The average molecular weight is 272 g/mol. The number of imide groups is 1. The molecule has 106 valence electrons. The third kappa shape index (κ3) is 2.04. The lowest BCUT2D eigenvalue weighted by atomic mass is 9.99. The van der Waals surface area contributed by atoms with Gasteiger partial charge in [0.05, 0.1) is 11.1 Å². The van der Waals surface area contributed by atoms with Crippen molar-refractivity contribution in [1.82, 2.24) is 10.2 Å². The van der Waals surface area contributed by atoms with E-state index in [1.807, 2.05) is 26.0 Å². The number of hydrogen-bond donors (Lipinski definition) is 1. The number of rotatable bonds is 2. The van der Waals surface area contributed by atoms with Crippen molar-refractivity contribution in [3.63, 3.8) is 0 Å². The van der Waals surface area contributed by atoms with E-state index in [2.05, 4.69) is 5.32 Å². The van der Waals surface area contributed by atoms with Gasteiger partial charge in [-0.2, -0.15) is 0 Å². The van der Waals surface area contributed by atoms with E-state index in [4.69, 9.17) is 0 Å². The summed E-state index contributed by atoms with van der Waals surface area (Å²) in [6.07, 6.45) is 2.20. The Hall–Kier alpha value is -1.68. The third-order valence-electron chi connectivity index (χ3n) is 4.38. The molecule has 0 spiro atoms. The predicted molar refractivity (Wildman–Crippen MR) is 76.9 cm³/mol. The molecule has 1 N–H and O–H groups in total. The van der Waals surface area contributed by atoms with Crippen LogP contribution in [-0.2, 0) is 0 Å². The smallest absolute Gasteiger partial charge is 0.261 e. The normalized spacial score (nSPS) is 22.3. The van der Waals surface area contributed by atoms with E-state index in [1.165, 1.54) is 4.90 Å². The zero-order valence-corrected chi connectivity index (χ0v) is 12.0. The molecule has 2 heterocycles. The summed E-state index contributed by atoms with van der Waals surface area (Å²) in [7, 11) is 0. The summed E-state index contributed by atoms with van der Waals surface area (Å²) in [6.45, 7) is 6.27. The Morgan fingerprint density at radius 3 is 2.25 bits per heavy atom. The first-order chi connectivity index (χ1) is 9.59. The van der Waals surface area contributed by atoms with Gasteiger partial charge in [0.25, 0.3) is 11.8 Å². The van der Waals surface area contributed by atoms with Gasteiger partial charge in [-0.25, -0.2) is 0 Å². The van der Waals surface area contributed by atoms with E-state index in [0.717, 1.165) is 37.1 Å².